The zero-order chi connectivity index (χ0) is 12.3. The molecule has 0 aliphatic carbocycles. The Bertz CT molecular complexity index is 408. The summed E-state index contributed by atoms with van der Waals surface area (Å²) in [4.78, 5) is 26.6. The van der Waals surface area contributed by atoms with Crippen LogP contribution in [0, 0.1) is 4.91 Å². The zero-order valence-electron chi connectivity index (χ0n) is 9.85. The number of nitroso groups, excluding NO2 is 1. The van der Waals surface area contributed by atoms with Crippen LogP contribution in [0.5, 0.6) is 0 Å². The molecule has 0 unspecified atom stereocenters. The maximum Gasteiger partial charge on any atom is 0.253 e. The first-order chi connectivity index (χ1) is 8.20. The molecule has 0 bridgehead atoms. The van der Waals surface area contributed by atoms with E-state index in [1.54, 1.807) is 29.4 Å². The largest absolute Gasteiger partial charge is 0.336 e. The molecule has 1 aromatic rings. The third-order valence-corrected chi connectivity index (χ3v) is 3.04. The number of hydrogen-bond donors (Lipinski definition) is 1. The lowest BCUT2D eigenvalue weighted by molar-refractivity contribution is -0.379. The van der Waals surface area contributed by atoms with Crippen LogP contribution >= 0.6 is 0 Å². The van der Waals surface area contributed by atoms with Gasteiger partial charge in [-0.2, -0.15) is 0 Å². The molecule has 17 heavy (non-hydrogen) atoms. The molecule has 5 heteroatoms. The second-order valence-electron chi connectivity index (χ2n) is 4.27. The fourth-order valence-corrected chi connectivity index (χ4v) is 1.87. The highest BCUT2D eigenvalue weighted by Gasteiger charge is 2.20. The first-order valence-electron chi connectivity index (χ1n) is 5.67. The first kappa shape index (κ1) is 11.7. The highest BCUT2D eigenvalue weighted by molar-refractivity contribution is 5.94. The number of rotatable bonds is 2. The molecular weight excluding hydrogens is 218 g/mol. The third-order valence-electron chi connectivity index (χ3n) is 3.04. The molecule has 1 saturated heterocycles. The molecule has 0 aromatic heterocycles. The van der Waals surface area contributed by atoms with Crippen molar-refractivity contribution in [1.82, 2.24) is 9.80 Å². The maximum absolute atomic E-state index is 12.1. The van der Waals surface area contributed by atoms with Crippen LogP contribution < -0.4 is 5.18 Å². The maximum atomic E-state index is 12.1. The molecule has 90 valence electrons. The van der Waals surface area contributed by atoms with Gasteiger partial charge in [0.25, 0.3) is 11.6 Å². The van der Waals surface area contributed by atoms with Crippen molar-refractivity contribution in [2.24, 2.45) is 0 Å². The molecule has 1 amide bonds. The van der Waals surface area contributed by atoms with E-state index < -0.39 is 0 Å². The van der Waals surface area contributed by atoms with Crippen LogP contribution in [0.1, 0.15) is 10.4 Å². The number of carbonyl (C=O) groups is 1. The Balaban J connectivity index is 2.06. The number of piperazine rings is 1. The summed E-state index contributed by atoms with van der Waals surface area (Å²) in [6.45, 7) is 3.34. The fourth-order valence-electron chi connectivity index (χ4n) is 1.87. The molecule has 1 aliphatic heterocycles. The zero-order valence-corrected chi connectivity index (χ0v) is 9.85. The molecule has 0 atom stereocenters. The van der Waals surface area contributed by atoms with Crippen LogP contribution in [-0.2, 0) is 0 Å². The third kappa shape index (κ3) is 2.68. The van der Waals surface area contributed by atoms with Gasteiger partial charge in [0.1, 0.15) is 0 Å². The predicted molar refractivity (Wildman–Crippen MR) is 63.8 cm³/mol. The van der Waals surface area contributed by atoms with Crippen molar-refractivity contribution in [1.29, 1.82) is 0 Å². The standard InChI is InChI=1S/C12H15N3O2/c1-14-6-8-15(9-7-14)12(16)10-2-4-11(13-17)5-3-10/h2-5H,6-9H2,1H3/p+1. The normalized spacial score (nSPS) is 16.9. The van der Waals surface area contributed by atoms with Gasteiger partial charge in [-0.1, -0.05) is 0 Å². The Hall–Kier alpha value is -1.75. The average molecular weight is 234 g/mol. The van der Waals surface area contributed by atoms with E-state index in [2.05, 4.69) is 11.9 Å². The minimum absolute atomic E-state index is 0.0375. The van der Waals surface area contributed by atoms with Crippen molar-refractivity contribution >= 4 is 11.6 Å². The summed E-state index contributed by atoms with van der Waals surface area (Å²) in [5.74, 6) is 0.0375. The number of amides is 1. The van der Waals surface area contributed by atoms with Crippen molar-refractivity contribution < 1.29 is 9.97 Å². The molecule has 2 rings (SSSR count). The predicted octanol–water partition coefficient (Wildman–Crippen LogP) is -0.447. The lowest BCUT2D eigenvalue weighted by atomic mass is 10.1. The minimum Gasteiger partial charge on any atom is -0.336 e. The van der Waals surface area contributed by atoms with Crippen molar-refractivity contribution in [2.45, 2.75) is 0 Å². The molecule has 1 aromatic carbocycles. The Morgan fingerprint density at radius 1 is 1.12 bits per heavy atom. The highest BCUT2D eigenvalue weighted by Crippen LogP contribution is 2.09. The summed E-state index contributed by atoms with van der Waals surface area (Å²) in [6, 6.07) is 6.61. The van der Waals surface area contributed by atoms with E-state index in [-0.39, 0.29) is 5.91 Å². The van der Waals surface area contributed by atoms with Crippen LogP contribution in [0.2, 0.25) is 0 Å². The van der Waals surface area contributed by atoms with Gasteiger partial charge in [0.2, 0.25) is 0 Å². The van der Waals surface area contributed by atoms with E-state index in [0.29, 0.717) is 11.3 Å². The second kappa shape index (κ2) is 5.05. The molecule has 0 saturated carbocycles. The Labute approximate surface area is 100.0 Å². The molecule has 1 heterocycles. The smallest absolute Gasteiger partial charge is 0.253 e. The van der Waals surface area contributed by atoms with E-state index in [1.807, 2.05) is 4.90 Å². The molecule has 1 aliphatic rings. The number of benzene rings is 1. The van der Waals surface area contributed by atoms with Gasteiger partial charge < -0.3 is 9.80 Å². The fraction of sp³-hybridized carbons (Fsp3) is 0.417. The van der Waals surface area contributed by atoms with Gasteiger partial charge in [-0.15, -0.1) is 0 Å². The molecule has 0 radical (unpaired) electrons. The number of likely N-dealkylation sites (N-methyl/N-ethyl adjacent to an activating group) is 1. The molecule has 0 spiro atoms. The topological polar surface area (TPSA) is 54.6 Å². The monoisotopic (exact) mass is 234 g/mol. The summed E-state index contributed by atoms with van der Waals surface area (Å²) < 4.78 is 0. The molecular formula is C12H16N3O2+. The van der Waals surface area contributed by atoms with Gasteiger partial charge in [0.15, 0.2) is 0 Å². The summed E-state index contributed by atoms with van der Waals surface area (Å²) in [7, 11) is 2.05. The van der Waals surface area contributed by atoms with Crippen LogP contribution in [0.3, 0.4) is 0 Å². The lowest BCUT2D eigenvalue weighted by Gasteiger charge is -2.32. The van der Waals surface area contributed by atoms with Crippen LogP contribution in [0.25, 0.3) is 0 Å². The Morgan fingerprint density at radius 2 is 1.71 bits per heavy atom. The average Bonchev–Trinajstić information content (AvgIpc) is 2.39. The van der Waals surface area contributed by atoms with Crippen molar-refractivity contribution in [3.63, 3.8) is 0 Å². The summed E-state index contributed by atoms with van der Waals surface area (Å²) in [6.07, 6.45) is 0. The first-order valence-corrected chi connectivity index (χ1v) is 5.67. The lowest BCUT2D eigenvalue weighted by Crippen LogP contribution is -2.55. The SMILES string of the molecule is CN1CCN(C(=O)c2ccc([NH+]=O)cc2)CC1. The number of nitrogens with one attached hydrogen (secondary N) is 1. The number of nitrogens with zero attached hydrogens (tertiary/aromatic N) is 2. The quantitative estimate of drug-likeness (QED) is 0.754. The molecule has 1 N–H and O–H groups in total. The van der Waals surface area contributed by atoms with Crippen LogP contribution in [-0.4, -0.2) is 48.9 Å². The van der Waals surface area contributed by atoms with Gasteiger partial charge in [0, 0.05) is 54.0 Å². The minimum atomic E-state index is 0.0375. The summed E-state index contributed by atoms with van der Waals surface area (Å²) >= 11 is 0. The van der Waals surface area contributed by atoms with Gasteiger partial charge in [-0.25, -0.2) is 0 Å². The van der Waals surface area contributed by atoms with Crippen molar-refractivity contribution in [2.75, 3.05) is 33.2 Å². The molecule has 5 nitrogen and oxygen atoms in total. The van der Waals surface area contributed by atoms with Crippen molar-refractivity contribution in [3.8, 4) is 0 Å². The second-order valence-corrected chi connectivity index (χ2v) is 4.27. The molecule has 1 fully saturated rings. The van der Waals surface area contributed by atoms with E-state index in [9.17, 15) is 9.70 Å². The summed E-state index contributed by atoms with van der Waals surface area (Å²) in [5.41, 5.74) is 1.11. The Morgan fingerprint density at radius 3 is 2.24 bits per heavy atom. The van der Waals surface area contributed by atoms with Gasteiger partial charge in [-0.3, -0.25) is 4.79 Å². The van der Waals surface area contributed by atoms with Crippen LogP contribution in [0.4, 0.5) is 5.69 Å². The van der Waals surface area contributed by atoms with Gasteiger partial charge in [-0.05, 0) is 19.2 Å². The van der Waals surface area contributed by atoms with E-state index >= 15 is 0 Å². The van der Waals surface area contributed by atoms with E-state index in [4.69, 9.17) is 0 Å². The van der Waals surface area contributed by atoms with Gasteiger partial charge >= 0.3 is 0 Å². The number of carbonyl (C=O) groups excluding carboxylic acids is 1. The van der Waals surface area contributed by atoms with E-state index in [1.165, 1.54) is 0 Å². The number of hydrogen-bond acceptors (Lipinski definition) is 3. The highest BCUT2D eigenvalue weighted by atomic mass is 16.3. The van der Waals surface area contributed by atoms with Gasteiger partial charge in [0.05, 0.1) is 0 Å². The Kier molecular flexibility index (Phi) is 3.49. The summed E-state index contributed by atoms with van der Waals surface area (Å²) in [5, 5.41) is 1.80. The van der Waals surface area contributed by atoms with Crippen LogP contribution in [0.15, 0.2) is 24.3 Å². The van der Waals surface area contributed by atoms with Crippen molar-refractivity contribution in [3.05, 3.63) is 34.7 Å². The van der Waals surface area contributed by atoms with E-state index in [0.717, 1.165) is 26.2 Å².